The average molecular weight is 372 g/mol. The van der Waals surface area contributed by atoms with Crippen LogP contribution in [-0.2, 0) is 16.0 Å². The van der Waals surface area contributed by atoms with Crippen molar-refractivity contribution in [1.82, 2.24) is 4.90 Å². The van der Waals surface area contributed by atoms with Gasteiger partial charge in [-0.1, -0.05) is 12.6 Å². The second-order valence-electron chi connectivity index (χ2n) is 8.32. The SMILES string of the molecule is C=C(C)c1cc(CN(C(=O)OC(C)(C)C)C(=O)OC(C)(C)C)ccc1C#N. The molecule has 6 heteroatoms. The highest BCUT2D eigenvalue weighted by Gasteiger charge is 2.31. The van der Waals surface area contributed by atoms with Crippen molar-refractivity contribution in [2.75, 3.05) is 0 Å². The zero-order valence-corrected chi connectivity index (χ0v) is 17.2. The highest BCUT2D eigenvalue weighted by Crippen LogP contribution is 2.22. The van der Waals surface area contributed by atoms with Crippen molar-refractivity contribution in [2.24, 2.45) is 0 Å². The molecule has 0 spiro atoms. The first-order valence-electron chi connectivity index (χ1n) is 8.66. The number of carbonyl (C=O) groups excluding carboxylic acids is 2. The van der Waals surface area contributed by atoms with Gasteiger partial charge < -0.3 is 9.47 Å². The monoisotopic (exact) mass is 372 g/mol. The Hall–Kier alpha value is -2.81. The highest BCUT2D eigenvalue weighted by molar-refractivity contribution is 5.88. The van der Waals surface area contributed by atoms with Crippen LogP contribution in [0.1, 0.15) is 65.2 Å². The van der Waals surface area contributed by atoms with E-state index in [9.17, 15) is 14.9 Å². The summed E-state index contributed by atoms with van der Waals surface area (Å²) < 4.78 is 10.7. The highest BCUT2D eigenvalue weighted by atomic mass is 16.6. The number of carbonyl (C=O) groups is 2. The smallest absolute Gasteiger partial charge is 0.420 e. The number of amides is 2. The zero-order chi connectivity index (χ0) is 21.0. The maximum atomic E-state index is 12.6. The van der Waals surface area contributed by atoms with Gasteiger partial charge in [-0.3, -0.25) is 0 Å². The molecule has 6 nitrogen and oxygen atoms in total. The van der Waals surface area contributed by atoms with Crippen LogP contribution in [0.4, 0.5) is 9.59 Å². The first kappa shape index (κ1) is 22.2. The standard InChI is InChI=1S/C21H28N2O4/c1-14(2)17-11-15(9-10-16(17)12-22)13-23(18(24)26-20(3,4)5)19(25)27-21(6,7)8/h9-11H,1,13H2,2-8H3. The summed E-state index contributed by atoms with van der Waals surface area (Å²) in [5, 5.41) is 9.22. The Morgan fingerprint density at radius 2 is 1.56 bits per heavy atom. The summed E-state index contributed by atoms with van der Waals surface area (Å²) in [6.07, 6.45) is -1.59. The summed E-state index contributed by atoms with van der Waals surface area (Å²) in [6.45, 7) is 15.9. The number of ether oxygens (including phenoxy) is 2. The predicted octanol–water partition coefficient (Wildman–Crippen LogP) is 5.26. The summed E-state index contributed by atoms with van der Waals surface area (Å²) in [4.78, 5) is 26.0. The van der Waals surface area contributed by atoms with E-state index >= 15 is 0 Å². The van der Waals surface area contributed by atoms with Crippen molar-refractivity contribution in [3.8, 4) is 6.07 Å². The van der Waals surface area contributed by atoms with Gasteiger partial charge in [0.25, 0.3) is 0 Å². The van der Waals surface area contributed by atoms with Crippen LogP contribution in [0.15, 0.2) is 24.8 Å². The van der Waals surface area contributed by atoms with Crippen molar-refractivity contribution >= 4 is 17.8 Å². The molecule has 0 bridgehead atoms. The quantitative estimate of drug-likeness (QED) is 0.722. The van der Waals surface area contributed by atoms with Crippen LogP contribution in [0.5, 0.6) is 0 Å². The van der Waals surface area contributed by atoms with Gasteiger partial charge in [0.1, 0.15) is 11.2 Å². The summed E-state index contributed by atoms with van der Waals surface area (Å²) in [7, 11) is 0. The fraction of sp³-hybridized carbons (Fsp3) is 0.476. The summed E-state index contributed by atoms with van der Waals surface area (Å²) in [5.74, 6) is 0. The Morgan fingerprint density at radius 3 is 1.93 bits per heavy atom. The molecule has 0 N–H and O–H groups in total. The molecule has 0 fully saturated rings. The third-order valence-corrected chi connectivity index (χ3v) is 3.23. The molecule has 0 aliphatic heterocycles. The van der Waals surface area contributed by atoms with Crippen molar-refractivity contribution in [2.45, 2.75) is 66.2 Å². The molecule has 0 aliphatic rings. The number of imide groups is 1. The second kappa shape index (κ2) is 8.26. The van der Waals surface area contributed by atoms with E-state index < -0.39 is 23.4 Å². The lowest BCUT2D eigenvalue weighted by atomic mass is 9.99. The molecule has 0 aromatic heterocycles. The minimum Gasteiger partial charge on any atom is -0.443 e. The summed E-state index contributed by atoms with van der Waals surface area (Å²) >= 11 is 0. The van der Waals surface area contributed by atoms with Crippen molar-refractivity contribution < 1.29 is 19.1 Å². The summed E-state index contributed by atoms with van der Waals surface area (Å²) in [5.41, 5.74) is 1.00. The predicted molar refractivity (Wildman–Crippen MR) is 104 cm³/mol. The molecule has 0 aliphatic carbocycles. The summed E-state index contributed by atoms with van der Waals surface area (Å²) in [6, 6.07) is 7.17. The van der Waals surface area contributed by atoms with Crippen molar-refractivity contribution in [3.05, 3.63) is 41.5 Å². The first-order valence-corrected chi connectivity index (χ1v) is 8.66. The molecule has 0 saturated carbocycles. The molecule has 27 heavy (non-hydrogen) atoms. The Labute approximate surface area is 161 Å². The van der Waals surface area contributed by atoms with E-state index in [1.54, 1.807) is 66.7 Å². The molecule has 1 aromatic rings. The lowest BCUT2D eigenvalue weighted by Crippen LogP contribution is -2.43. The van der Waals surface area contributed by atoms with Gasteiger partial charge in [-0.15, -0.1) is 0 Å². The Kier molecular flexibility index (Phi) is 6.80. The fourth-order valence-corrected chi connectivity index (χ4v) is 2.16. The van der Waals surface area contributed by atoms with Gasteiger partial charge >= 0.3 is 12.2 Å². The minimum absolute atomic E-state index is 0.0458. The average Bonchev–Trinajstić information content (AvgIpc) is 2.48. The molecular formula is C21H28N2O4. The molecule has 0 atom stereocenters. The maximum absolute atomic E-state index is 12.6. The Morgan fingerprint density at radius 1 is 1.07 bits per heavy atom. The van der Waals surface area contributed by atoms with Crippen LogP contribution in [0, 0.1) is 11.3 Å². The van der Waals surface area contributed by atoms with E-state index in [2.05, 4.69) is 12.6 Å². The van der Waals surface area contributed by atoms with Crippen LogP contribution in [0.2, 0.25) is 0 Å². The molecule has 0 heterocycles. The van der Waals surface area contributed by atoms with Gasteiger partial charge in [-0.05, 0) is 77.3 Å². The Balaban J connectivity index is 3.23. The normalized spacial score (nSPS) is 11.3. The topological polar surface area (TPSA) is 79.6 Å². The fourth-order valence-electron chi connectivity index (χ4n) is 2.16. The molecule has 0 saturated heterocycles. The van der Waals surface area contributed by atoms with E-state index in [1.165, 1.54) is 0 Å². The van der Waals surface area contributed by atoms with Crippen molar-refractivity contribution in [3.63, 3.8) is 0 Å². The van der Waals surface area contributed by atoms with Gasteiger partial charge in [-0.2, -0.15) is 5.26 Å². The van der Waals surface area contributed by atoms with Crippen LogP contribution < -0.4 is 0 Å². The molecule has 0 radical (unpaired) electrons. The molecule has 1 rings (SSSR count). The first-order chi connectivity index (χ1) is 12.2. The largest absolute Gasteiger partial charge is 0.443 e. The number of benzene rings is 1. The van der Waals surface area contributed by atoms with Crippen LogP contribution in [0.25, 0.3) is 5.57 Å². The lowest BCUT2D eigenvalue weighted by Gasteiger charge is -2.28. The molecule has 1 aromatic carbocycles. The number of rotatable bonds is 3. The Bertz CT molecular complexity index is 749. The number of nitrogens with zero attached hydrogens (tertiary/aromatic N) is 2. The van der Waals surface area contributed by atoms with E-state index in [1.807, 2.05) is 0 Å². The maximum Gasteiger partial charge on any atom is 0.420 e. The zero-order valence-electron chi connectivity index (χ0n) is 17.2. The number of allylic oxidation sites excluding steroid dienone is 1. The molecule has 2 amide bonds. The van der Waals surface area contributed by atoms with Gasteiger partial charge in [0.05, 0.1) is 18.2 Å². The molecular weight excluding hydrogens is 344 g/mol. The van der Waals surface area contributed by atoms with Crippen LogP contribution in [0.3, 0.4) is 0 Å². The van der Waals surface area contributed by atoms with Gasteiger partial charge in [0.15, 0.2) is 0 Å². The van der Waals surface area contributed by atoms with Crippen LogP contribution in [-0.4, -0.2) is 28.3 Å². The van der Waals surface area contributed by atoms with Gasteiger partial charge in [0.2, 0.25) is 0 Å². The van der Waals surface area contributed by atoms with E-state index in [4.69, 9.17) is 9.47 Å². The number of nitriles is 1. The number of hydrogen-bond acceptors (Lipinski definition) is 5. The van der Waals surface area contributed by atoms with E-state index in [0.29, 0.717) is 16.7 Å². The van der Waals surface area contributed by atoms with Gasteiger partial charge in [0, 0.05) is 0 Å². The number of hydrogen-bond donors (Lipinski definition) is 0. The molecule has 0 unspecified atom stereocenters. The third-order valence-electron chi connectivity index (χ3n) is 3.23. The molecule has 146 valence electrons. The lowest BCUT2D eigenvalue weighted by molar-refractivity contribution is -0.000247. The minimum atomic E-state index is -0.794. The van der Waals surface area contributed by atoms with E-state index in [-0.39, 0.29) is 6.54 Å². The van der Waals surface area contributed by atoms with Gasteiger partial charge in [-0.25, -0.2) is 14.5 Å². The third kappa shape index (κ3) is 7.14. The van der Waals surface area contributed by atoms with E-state index in [0.717, 1.165) is 10.5 Å². The van der Waals surface area contributed by atoms with Crippen molar-refractivity contribution in [1.29, 1.82) is 5.26 Å². The second-order valence-corrected chi connectivity index (χ2v) is 8.32. The van der Waals surface area contributed by atoms with Crippen LogP contribution >= 0.6 is 0 Å².